The molecule has 1 N–H and O–H groups in total. The van der Waals surface area contributed by atoms with Crippen LogP contribution in [0.4, 0.5) is 0 Å². The molecule has 10 atom stereocenters. The van der Waals surface area contributed by atoms with Crippen LogP contribution >= 0.6 is 0 Å². The van der Waals surface area contributed by atoms with Gasteiger partial charge in [0.25, 0.3) is 0 Å². The first-order valence-electron chi connectivity index (χ1n) is 13.3. The number of carbonyl (C=O) groups excluding carboxylic acids is 2. The molecule has 0 amide bonds. The number of ketones is 1. The predicted molar refractivity (Wildman–Crippen MR) is 126 cm³/mol. The zero-order valence-corrected chi connectivity index (χ0v) is 21.3. The molecular formula is C28H46O4. The van der Waals surface area contributed by atoms with Gasteiger partial charge in [-0.1, -0.05) is 34.6 Å². The molecule has 4 aliphatic carbocycles. The molecule has 0 aromatic rings. The van der Waals surface area contributed by atoms with Crippen LogP contribution in [0.15, 0.2) is 0 Å². The second-order valence-corrected chi connectivity index (χ2v) is 12.7. The minimum atomic E-state index is -0.317. The van der Waals surface area contributed by atoms with Crippen molar-refractivity contribution in [3.63, 3.8) is 0 Å². The van der Waals surface area contributed by atoms with Crippen LogP contribution in [0.5, 0.6) is 0 Å². The summed E-state index contributed by atoms with van der Waals surface area (Å²) in [7, 11) is 0. The van der Waals surface area contributed by atoms with E-state index < -0.39 is 0 Å². The van der Waals surface area contributed by atoms with Crippen molar-refractivity contribution in [2.24, 2.45) is 51.8 Å². The molecule has 4 saturated carbocycles. The van der Waals surface area contributed by atoms with Gasteiger partial charge in [0.05, 0.1) is 12.7 Å². The molecule has 0 heterocycles. The first-order valence-corrected chi connectivity index (χ1v) is 13.3. The molecule has 0 aromatic heterocycles. The third-order valence-electron chi connectivity index (χ3n) is 11.7. The van der Waals surface area contributed by atoms with Crippen LogP contribution < -0.4 is 0 Å². The Balaban J connectivity index is 1.57. The smallest absolute Gasteiger partial charge is 0.305 e. The Morgan fingerprint density at radius 2 is 1.84 bits per heavy atom. The summed E-state index contributed by atoms with van der Waals surface area (Å²) in [6.45, 7) is 14.1. The minimum absolute atomic E-state index is 0.0710. The van der Waals surface area contributed by atoms with E-state index in [0.29, 0.717) is 61.2 Å². The molecule has 4 aliphatic rings. The molecule has 5 unspecified atom stereocenters. The number of aliphatic hydroxyl groups is 1. The van der Waals surface area contributed by atoms with E-state index in [9.17, 15) is 14.7 Å². The third-order valence-corrected chi connectivity index (χ3v) is 11.7. The molecule has 0 bridgehead atoms. The van der Waals surface area contributed by atoms with Crippen molar-refractivity contribution in [2.75, 3.05) is 6.61 Å². The van der Waals surface area contributed by atoms with Gasteiger partial charge in [-0.05, 0) is 97.2 Å². The second kappa shape index (κ2) is 8.40. The SMILES string of the molecule is CCOC(=O)CC[C@@H](C)[C@H]1CCC2C3C(CC[C@@]21C)[C@@]1(C)CCC(=O)CC1(C)C(C)[C@@H]3O. The molecule has 4 nitrogen and oxygen atoms in total. The van der Waals surface area contributed by atoms with Crippen LogP contribution in [0.1, 0.15) is 99.3 Å². The fourth-order valence-electron chi connectivity index (χ4n) is 9.55. The van der Waals surface area contributed by atoms with E-state index >= 15 is 0 Å². The fraction of sp³-hybridized carbons (Fsp3) is 0.929. The van der Waals surface area contributed by atoms with Crippen molar-refractivity contribution in [3.05, 3.63) is 0 Å². The van der Waals surface area contributed by atoms with Gasteiger partial charge in [-0.15, -0.1) is 0 Å². The summed E-state index contributed by atoms with van der Waals surface area (Å²) in [6, 6.07) is 0. The van der Waals surface area contributed by atoms with Gasteiger partial charge in [0, 0.05) is 19.3 Å². The lowest BCUT2D eigenvalue weighted by atomic mass is 9.37. The van der Waals surface area contributed by atoms with Crippen molar-refractivity contribution in [2.45, 2.75) is 105 Å². The molecule has 4 rings (SSSR count). The Hall–Kier alpha value is -0.900. The lowest BCUT2D eigenvalue weighted by Crippen LogP contribution is -2.65. The van der Waals surface area contributed by atoms with Crippen molar-refractivity contribution >= 4 is 11.8 Å². The minimum Gasteiger partial charge on any atom is -0.466 e. The number of rotatable bonds is 5. The largest absolute Gasteiger partial charge is 0.466 e. The van der Waals surface area contributed by atoms with Crippen LogP contribution in [0, 0.1) is 51.8 Å². The normalized spacial score (nSPS) is 49.0. The molecule has 32 heavy (non-hydrogen) atoms. The summed E-state index contributed by atoms with van der Waals surface area (Å²) in [5, 5.41) is 11.7. The van der Waals surface area contributed by atoms with E-state index in [2.05, 4.69) is 34.6 Å². The summed E-state index contributed by atoms with van der Waals surface area (Å²) in [6.07, 6.45) is 8.24. The van der Waals surface area contributed by atoms with Crippen LogP contribution in [0.3, 0.4) is 0 Å². The number of esters is 1. The maximum Gasteiger partial charge on any atom is 0.305 e. The Morgan fingerprint density at radius 1 is 1.12 bits per heavy atom. The highest BCUT2D eigenvalue weighted by molar-refractivity contribution is 5.80. The molecule has 0 saturated heterocycles. The number of fused-ring (bicyclic) bond motifs is 5. The van der Waals surface area contributed by atoms with Crippen molar-refractivity contribution < 1.29 is 19.4 Å². The van der Waals surface area contributed by atoms with E-state index in [0.717, 1.165) is 12.8 Å². The molecule has 182 valence electrons. The van der Waals surface area contributed by atoms with Crippen molar-refractivity contribution in [1.82, 2.24) is 0 Å². The van der Waals surface area contributed by atoms with Gasteiger partial charge in [0.1, 0.15) is 5.78 Å². The molecule has 0 aliphatic heterocycles. The third kappa shape index (κ3) is 3.41. The van der Waals surface area contributed by atoms with Crippen LogP contribution in [0.2, 0.25) is 0 Å². The second-order valence-electron chi connectivity index (χ2n) is 12.7. The van der Waals surface area contributed by atoms with Crippen LogP contribution in [-0.4, -0.2) is 29.6 Å². The molecule has 0 spiro atoms. The van der Waals surface area contributed by atoms with E-state index in [4.69, 9.17) is 4.74 Å². The Bertz CT molecular complexity index is 748. The van der Waals surface area contributed by atoms with E-state index in [-0.39, 0.29) is 34.2 Å². The molecule has 4 heteroatoms. The number of Topliss-reactive ketones (excluding diaryl/α,β-unsaturated/α-hetero) is 1. The van der Waals surface area contributed by atoms with Gasteiger partial charge in [-0.3, -0.25) is 9.59 Å². The number of carbonyl (C=O) groups is 2. The Kier molecular flexibility index (Phi) is 6.36. The zero-order valence-electron chi connectivity index (χ0n) is 21.3. The summed E-state index contributed by atoms with van der Waals surface area (Å²) < 4.78 is 5.17. The van der Waals surface area contributed by atoms with Crippen LogP contribution in [0.25, 0.3) is 0 Å². The predicted octanol–water partition coefficient (Wildman–Crippen LogP) is 5.80. The Labute approximate surface area is 195 Å². The lowest BCUT2D eigenvalue weighted by Gasteiger charge is -2.68. The summed E-state index contributed by atoms with van der Waals surface area (Å²) in [4.78, 5) is 24.4. The van der Waals surface area contributed by atoms with Crippen molar-refractivity contribution in [1.29, 1.82) is 0 Å². The highest BCUT2D eigenvalue weighted by Crippen LogP contribution is 2.72. The molecule has 4 fully saturated rings. The van der Waals surface area contributed by atoms with Crippen molar-refractivity contribution in [3.8, 4) is 0 Å². The average Bonchev–Trinajstić information content (AvgIpc) is 3.09. The maximum absolute atomic E-state index is 12.5. The number of hydrogen-bond donors (Lipinski definition) is 1. The number of aliphatic hydroxyl groups excluding tert-OH is 1. The summed E-state index contributed by atoms with van der Waals surface area (Å²) >= 11 is 0. The lowest BCUT2D eigenvalue weighted by molar-refractivity contribution is -0.225. The van der Waals surface area contributed by atoms with Gasteiger partial charge >= 0.3 is 5.97 Å². The van der Waals surface area contributed by atoms with Gasteiger partial charge in [0.2, 0.25) is 0 Å². The fourth-order valence-corrected chi connectivity index (χ4v) is 9.55. The standard InChI is InChI=1S/C28H46O4/c1-7-32-23(30)11-8-17(2)20-9-10-21-24-22(13-14-26(20,21)4)27(5)15-12-19(29)16-28(27,6)18(3)25(24)31/h17-18,20-22,24-25,31H,7-16H2,1-6H3/t17-,18?,20-,21?,22?,24?,25+,26-,27-,28?/m1/s1. The van der Waals surface area contributed by atoms with E-state index in [1.807, 2.05) is 6.92 Å². The topological polar surface area (TPSA) is 63.6 Å². The molecule has 0 aromatic carbocycles. The number of hydrogen-bond acceptors (Lipinski definition) is 4. The van der Waals surface area contributed by atoms with Crippen LogP contribution in [-0.2, 0) is 14.3 Å². The molecule has 0 radical (unpaired) electrons. The summed E-state index contributed by atoms with van der Waals surface area (Å²) in [5.74, 6) is 2.98. The van der Waals surface area contributed by atoms with Gasteiger partial charge < -0.3 is 9.84 Å². The quantitative estimate of drug-likeness (QED) is 0.542. The Morgan fingerprint density at radius 3 is 2.53 bits per heavy atom. The zero-order chi connectivity index (χ0) is 23.5. The average molecular weight is 447 g/mol. The highest BCUT2D eigenvalue weighted by atomic mass is 16.5. The van der Waals surface area contributed by atoms with Gasteiger partial charge in [-0.25, -0.2) is 0 Å². The highest BCUT2D eigenvalue weighted by Gasteiger charge is 2.68. The number of ether oxygens (including phenoxy) is 1. The first kappa shape index (κ1) is 24.2. The monoisotopic (exact) mass is 446 g/mol. The molecular weight excluding hydrogens is 400 g/mol. The first-order chi connectivity index (χ1) is 15.0. The summed E-state index contributed by atoms with van der Waals surface area (Å²) in [5.41, 5.74) is 0.283. The van der Waals surface area contributed by atoms with E-state index in [1.165, 1.54) is 25.7 Å². The maximum atomic E-state index is 12.5. The van der Waals surface area contributed by atoms with E-state index in [1.54, 1.807) is 0 Å². The van der Waals surface area contributed by atoms with Gasteiger partial charge in [0.15, 0.2) is 0 Å². The van der Waals surface area contributed by atoms with Gasteiger partial charge in [-0.2, -0.15) is 0 Å².